The summed E-state index contributed by atoms with van der Waals surface area (Å²) in [6.07, 6.45) is 4.87. The van der Waals surface area contributed by atoms with Crippen LogP contribution in [-0.2, 0) is 14.4 Å². The van der Waals surface area contributed by atoms with Crippen molar-refractivity contribution in [3.8, 4) is 0 Å². The first-order valence-electron chi connectivity index (χ1n) is 8.34. The van der Waals surface area contributed by atoms with Gasteiger partial charge in [0.15, 0.2) is 5.13 Å². The lowest BCUT2D eigenvalue weighted by atomic mass is 9.85. The fraction of sp³-hybridized carbons (Fsp3) is 0.333. The van der Waals surface area contributed by atoms with Crippen LogP contribution in [0.1, 0.15) is 19.8 Å². The number of thiazole rings is 1. The number of allylic oxidation sites excluding steroid dienone is 2. The summed E-state index contributed by atoms with van der Waals surface area (Å²) < 4.78 is 13.9. The van der Waals surface area contributed by atoms with E-state index in [4.69, 9.17) is 0 Å². The highest BCUT2D eigenvalue weighted by atomic mass is 32.1. The van der Waals surface area contributed by atoms with E-state index in [9.17, 15) is 18.8 Å². The Kier molecular flexibility index (Phi) is 4.07. The van der Waals surface area contributed by atoms with Gasteiger partial charge in [-0.25, -0.2) is 9.37 Å². The number of hydrogen-bond acceptors (Lipinski definition) is 5. The molecule has 1 aliphatic heterocycles. The molecule has 1 N–H and O–H groups in total. The Bertz CT molecular complexity index is 928. The average Bonchev–Trinajstić information content (AvgIpc) is 3.13. The number of likely N-dealkylation sites (tertiary alicyclic amines) is 1. The molecule has 2 aliphatic rings. The first-order chi connectivity index (χ1) is 12.5. The van der Waals surface area contributed by atoms with Gasteiger partial charge in [0.25, 0.3) is 0 Å². The van der Waals surface area contributed by atoms with Gasteiger partial charge in [0, 0.05) is 0 Å². The number of aromatic nitrogens is 1. The summed E-state index contributed by atoms with van der Waals surface area (Å²) in [4.78, 5) is 43.0. The van der Waals surface area contributed by atoms with Crippen LogP contribution < -0.4 is 5.32 Å². The Morgan fingerprint density at radius 1 is 1.27 bits per heavy atom. The predicted octanol–water partition coefficient (Wildman–Crippen LogP) is 2.71. The zero-order valence-corrected chi connectivity index (χ0v) is 14.8. The second-order valence-electron chi connectivity index (χ2n) is 6.50. The lowest BCUT2D eigenvalue weighted by Gasteiger charge is -2.21. The van der Waals surface area contributed by atoms with E-state index in [1.165, 1.54) is 25.1 Å². The number of carbonyl (C=O) groups is 3. The first-order valence-corrected chi connectivity index (χ1v) is 9.16. The zero-order valence-electron chi connectivity index (χ0n) is 13.9. The number of carbonyl (C=O) groups excluding carboxylic acids is 3. The number of nitrogens with zero attached hydrogens (tertiary/aromatic N) is 2. The van der Waals surface area contributed by atoms with Crippen LogP contribution in [0.3, 0.4) is 0 Å². The predicted molar refractivity (Wildman–Crippen MR) is 94.9 cm³/mol. The molecule has 3 amide bonds. The topological polar surface area (TPSA) is 79.4 Å². The largest absolute Gasteiger partial charge is 0.300 e. The molecule has 0 radical (unpaired) electrons. The molecule has 1 aliphatic carbocycles. The van der Waals surface area contributed by atoms with Gasteiger partial charge in [-0.1, -0.05) is 23.5 Å². The molecule has 3 atom stereocenters. The maximum atomic E-state index is 13.3. The van der Waals surface area contributed by atoms with Crippen molar-refractivity contribution in [3.63, 3.8) is 0 Å². The Balaban J connectivity index is 1.52. The van der Waals surface area contributed by atoms with Gasteiger partial charge in [0.2, 0.25) is 17.7 Å². The quantitative estimate of drug-likeness (QED) is 0.663. The summed E-state index contributed by atoms with van der Waals surface area (Å²) in [5.74, 6) is -2.19. The fourth-order valence-electron chi connectivity index (χ4n) is 3.49. The van der Waals surface area contributed by atoms with E-state index in [-0.39, 0.29) is 29.5 Å². The number of halogens is 1. The number of anilines is 1. The van der Waals surface area contributed by atoms with Crippen molar-refractivity contribution >= 4 is 44.4 Å². The van der Waals surface area contributed by atoms with Gasteiger partial charge in [-0.15, -0.1) is 0 Å². The number of imide groups is 1. The minimum absolute atomic E-state index is 0.293. The van der Waals surface area contributed by atoms with Crippen molar-refractivity contribution < 1.29 is 18.8 Å². The molecule has 4 rings (SSSR count). The van der Waals surface area contributed by atoms with E-state index in [1.54, 1.807) is 0 Å². The van der Waals surface area contributed by atoms with Crippen LogP contribution in [0.4, 0.5) is 9.52 Å². The molecule has 2 aromatic rings. The van der Waals surface area contributed by atoms with Gasteiger partial charge < -0.3 is 5.32 Å². The third-order valence-corrected chi connectivity index (χ3v) is 5.82. The zero-order chi connectivity index (χ0) is 18.4. The number of benzene rings is 1. The molecule has 0 spiro atoms. The van der Waals surface area contributed by atoms with Gasteiger partial charge in [-0.05, 0) is 38.0 Å². The first kappa shape index (κ1) is 16.8. The van der Waals surface area contributed by atoms with Gasteiger partial charge >= 0.3 is 0 Å². The van der Waals surface area contributed by atoms with Gasteiger partial charge in [-0.3, -0.25) is 19.3 Å². The van der Waals surface area contributed by atoms with Crippen molar-refractivity contribution in [1.82, 2.24) is 9.88 Å². The summed E-state index contributed by atoms with van der Waals surface area (Å²) in [5, 5.41) is 2.94. The van der Waals surface area contributed by atoms with Crippen molar-refractivity contribution in [2.75, 3.05) is 5.32 Å². The highest BCUT2D eigenvalue weighted by Gasteiger charge is 2.50. The van der Waals surface area contributed by atoms with Crippen LogP contribution in [0.2, 0.25) is 0 Å². The third-order valence-electron chi connectivity index (χ3n) is 4.89. The SMILES string of the molecule is C[C@@H](C(=O)Nc1nc2ccc(F)cc2s1)N1C(=O)[C@H]2CC=CC[C@@H]2C1=O. The summed E-state index contributed by atoms with van der Waals surface area (Å²) >= 11 is 1.14. The number of fused-ring (bicyclic) bond motifs is 2. The maximum Gasteiger partial charge on any atom is 0.249 e. The Labute approximate surface area is 152 Å². The molecular weight excluding hydrogens is 357 g/mol. The molecular formula is C18H16FN3O3S. The molecule has 0 saturated carbocycles. The average molecular weight is 373 g/mol. The lowest BCUT2D eigenvalue weighted by Crippen LogP contribution is -2.46. The minimum Gasteiger partial charge on any atom is -0.300 e. The smallest absolute Gasteiger partial charge is 0.249 e. The normalized spacial score (nSPS) is 23.4. The van der Waals surface area contributed by atoms with Crippen LogP contribution >= 0.6 is 11.3 Å². The number of amides is 3. The van der Waals surface area contributed by atoms with Crippen molar-refractivity contribution in [3.05, 3.63) is 36.2 Å². The molecule has 26 heavy (non-hydrogen) atoms. The van der Waals surface area contributed by atoms with Gasteiger partial charge in [-0.2, -0.15) is 0 Å². The molecule has 6 nitrogen and oxygen atoms in total. The summed E-state index contributed by atoms with van der Waals surface area (Å²) in [7, 11) is 0. The van der Waals surface area contributed by atoms with Crippen LogP contribution in [0.5, 0.6) is 0 Å². The van der Waals surface area contributed by atoms with Crippen LogP contribution in [0.25, 0.3) is 10.2 Å². The Hall–Kier alpha value is -2.61. The molecule has 0 unspecified atom stereocenters. The van der Waals surface area contributed by atoms with Crippen LogP contribution in [-0.4, -0.2) is 33.6 Å². The van der Waals surface area contributed by atoms with Crippen molar-refractivity contribution in [2.45, 2.75) is 25.8 Å². The monoisotopic (exact) mass is 373 g/mol. The van der Waals surface area contributed by atoms with E-state index < -0.39 is 11.9 Å². The molecule has 1 fully saturated rings. The van der Waals surface area contributed by atoms with E-state index in [2.05, 4.69) is 10.3 Å². The van der Waals surface area contributed by atoms with E-state index in [0.29, 0.717) is 28.2 Å². The summed E-state index contributed by atoms with van der Waals surface area (Å²) in [5.41, 5.74) is 0.574. The molecule has 8 heteroatoms. The molecule has 2 heterocycles. The Morgan fingerprint density at radius 2 is 1.92 bits per heavy atom. The summed E-state index contributed by atoms with van der Waals surface area (Å²) in [6.45, 7) is 1.53. The van der Waals surface area contributed by atoms with Gasteiger partial charge in [0.1, 0.15) is 11.9 Å². The van der Waals surface area contributed by atoms with Crippen LogP contribution in [0.15, 0.2) is 30.4 Å². The third kappa shape index (κ3) is 2.70. The fourth-order valence-corrected chi connectivity index (χ4v) is 4.38. The molecule has 1 aromatic heterocycles. The second-order valence-corrected chi connectivity index (χ2v) is 7.53. The molecule has 1 saturated heterocycles. The summed E-state index contributed by atoms with van der Waals surface area (Å²) in [6, 6.07) is 3.25. The highest BCUT2D eigenvalue weighted by molar-refractivity contribution is 7.22. The van der Waals surface area contributed by atoms with Crippen molar-refractivity contribution in [1.29, 1.82) is 0 Å². The standard InChI is InChI=1S/C18H16FN3O3S/c1-9(22-16(24)11-4-2-3-5-12(11)17(22)25)15(23)21-18-20-13-7-6-10(19)8-14(13)26-18/h2-3,6-9,11-12H,4-5H2,1H3,(H,20,21,23)/t9-,11-,12-/m0/s1. The van der Waals surface area contributed by atoms with E-state index >= 15 is 0 Å². The molecule has 0 bridgehead atoms. The Morgan fingerprint density at radius 3 is 2.58 bits per heavy atom. The molecule has 134 valence electrons. The lowest BCUT2D eigenvalue weighted by molar-refractivity contribution is -0.146. The maximum absolute atomic E-state index is 13.3. The highest BCUT2D eigenvalue weighted by Crippen LogP contribution is 2.36. The second kappa shape index (κ2) is 6.28. The van der Waals surface area contributed by atoms with Crippen molar-refractivity contribution in [2.24, 2.45) is 11.8 Å². The number of nitrogens with one attached hydrogen (secondary N) is 1. The molecule has 1 aromatic carbocycles. The minimum atomic E-state index is -0.927. The number of hydrogen-bond donors (Lipinski definition) is 1. The van der Waals surface area contributed by atoms with Crippen LogP contribution in [0, 0.1) is 17.7 Å². The van der Waals surface area contributed by atoms with E-state index in [0.717, 1.165) is 16.2 Å². The number of rotatable bonds is 3. The van der Waals surface area contributed by atoms with Gasteiger partial charge in [0.05, 0.1) is 22.1 Å². The van der Waals surface area contributed by atoms with E-state index in [1.807, 2.05) is 12.2 Å².